The standard InChI is InChI=1S/C13H15N3O2/c17-12-10-5-4-9(16-6-2-1-3-7-16)8-11(10)14-13(18)15-12/h4-5,8H,1-3,6-7H2,(H2,14,15,17,18). The van der Waals surface area contributed by atoms with E-state index in [2.05, 4.69) is 14.9 Å². The van der Waals surface area contributed by atoms with E-state index in [0.717, 1.165) is 18.8 Å². The molecule has 18 heavy (non-hydrogen) atoms. The van der Waals surface area contributed by atoms with Crippen molar-refractivity contribution in [2.24, 2.45) is 0 Å². The van der Waals surface area contributed by atoms with Gasteiger partial charge in [0.15, 0.2) is 0 Å². The van der Waals surface area contributed by atoms with Gasteiger partial charge in [-0.05, 0) is 37.5 Å². The lowest BCUT2D eigenvalue weighted by molar-refractivity contribution is 0.578. The predicted molar refractivity (Wildman–Crippen MR) is 71.3 cm³/mol. The van der Waals surface area contributed by atoms with Crippen LogP contribution in [0.3, 0.4) is 0 Å². The highest BCUT2D eigenvalue weighted by molar-refractivity contribution is 5.81. The second-order valence-electron chi connectivity index (χ2n) is 4.69. The number of nitrogens with zero attached hydrogens (tertiary/aromatic N) is 1. The van der Waals surface area contributed by atoms with Gasteiger partial charge < -0.3 is 9.88 Å². The van der Waals surface area contributed by atoms with Gasteiger partial charge >= 0.3 is 5.69 Å². The Morgan fingerprint density at radius 3 is 2.56 bits per heavy atom. The Bertz CT molecular complexity index is 680. The first-order chi connectivity index (χ1) is 8.74. The molecule has 1 aliphatic heterocycles. The summed E-state index contributed by atoms with van der Waals surface area (Å²) in [6.07, 6.45) is 3.68. The van der Waals surface area contributed by atoms with Crippen LogP contribution in [-0.2, 0) is 0 Å². The lowest BCUT2D eigenvalue weighted by atomic mass is 10.1. The van der Waals surface area contributed by atoms with Crippen molar-refractivity contribution in [2.75, 3.05) is 18.0 Å². The van der Waals surface area contributed by atoms with Gasteiger partial charge in [0.25, 0.3) is 5.56 Å². The molecular formula is C13H15N3O2. The number of hydrogen-bond acceptors (Lipinski definition) is 3. The molecule has 5 heteroatoms. The molecule has 1 aromatic carbocycles. The number of rotatable bonds is 1. The minimum atomic E-state index is -0.455. The first-order valence-electron chi connectivity index (χ1n) is 6.25. The number of nitrogens with one attached hydrogen (secondary N) is 2. The van der Waals surface area contributed by atoms with Crippen molar-refractivity contribution in [1.29, 1.82) is 0 Å². The summed E-state index contributed by atoms with van der Waals surface area (Å²) in [7, 11) is 0. The summed E-state index contributed by atoms with van der Waals surface area (Å²) in [5.41, 5.74) is 0.887. The van der Waals surface area contributed by atoms with Gasteiger partial charge in [-0.3, -0.25) is 9.78 Å². The van der Waals surface area contributed by atoms with Crippen LogP contribution in [0, 0.1) is 0 Å². The van der Waals surface area contributed by atoms with E-state index < -0.39 is 5.69 Å². The summed E-state index contributed by atoms with van der Waals surface area (Å²) in [5.74, 6) is 0. The van der Waals surface area contributed by atoms with Gasteiger partial charge in [0.2, 0.25) is 0 Å². The Morgan fingerprint density at radius 2 is 1.78 bits per heavy atom. The number of anilines is 1. The number of aromatic nitrogens is 2. The molecule has 1 fully saturated rings. The van der Waals surface area contributed by atoms with Crippen LogP contribution >= 0.6 is 0 Å². The first kappa shape index (κ1) is 11.1. The Hall–Kier alpha value is -2.04. The first-order valence-corrected chi connectivity index (χ1v) is 6.25. The van der Waals surface area contributed by atoms with Gasteiger partial charge in [-0.25, -0.2) is 4.79 Å². The van der Waals surface area contributed by atoms with Crippen molar-refractivity contribution in [2.45, 2.75) is 19.3 Å². The minimum absolute atomic E-state index is 0.334. The third kappa shape index (κ3) is 1.92. The van der Waals surface area contributed by atoms with E-state index in [1.807, 2.05) is 12.1 Å². The monoisotopic (exact) mass is 245 g/mol. The molecule has 3 rings (SSSR count). The second-order valence-corrected chi connectivity index (χ2v) is 4.69. The van der Waals surface area contributed by atoms with Crippen LogP contribution in [0.15, 0.2) is 27.8 Å². The molecule has 2 heterocycles. The average molecular weight is 245 g/mol. The molecular weight excluding hydrogens is 230 g/mol. The number of H-pyrrole nitrogens is 2. The van der Waals surface area contributed by atoms with Crippen molar-refractivity contribution in [1.82, 2.24) is 9.97 Å². The van der Waals surface area contributed by atoms with Crippen molar-refractivity contribution < 1.29 is 0 Å². The summed E-state index contributed by atoms with van der Waals surface area (Å²) in [5, 5.41) is 0.523. The Balaban J connectivity index is 2.10. The molecule has 0 atom stereocenters. The normalized spacial score (nSPS) is 16.1. The van der Waals surface area contributed by atoms with E-state index in [4.69, 9.17) is 0 Å². The van der Waals surface area contributed by atoms with Gasteiger partial charge in [0.1, 0.15) is 0 Å². The quantitative estimate of drug-likeness (QED) is 0.793. The van der Waals surface area contributed by atoms with Crippen molar-refractivity contribution in [3.05, 3.63) is 39.0 Å². The Kier molecular flexibility index (Phi) is 2.66. The lowest BCUT2D eigenvalue weighted by Crippen LogP contribution is -2.29. The molecule has 0 aliphatic carbocycles. The molecule has 0 saturated carbocycles. The molecule has 0 unspecified atom stereocenters. The molecule has 5 nitrogen and oxygen atoms in total. The van der Waals surface area contributed by atoms with Crippen molar-refractivity contribution in [3.8, 4) is 0 Å². The zero-order valence-electron chi connectivity index (χ0n) is 10.0. The average Bonchev–Trinajstić information content (AvgIpc) is 2.39. The number of aromatic amines is 2. The van der Waals surface area contributed by atoms with E-state index in [0.29, 0.717) is 10.9 Å². The van der Waals surface area contributed by atoms with Gasteiger partial charge in [-0.1, -0.05) is 0 Å². The SMILES string of the molecule is O=c1[nH]c(=O)c2ccc(N3CCCCC3)cc2[nH]1. The summed E-state index contributed by atoms with van der Waals surface area (Å²) in [4.78, 5) is 30.1. The van der Waals surface area contributed by atoms with Crippen LogP contribution in [0.1, 0.15) is 19.3 Å². The fraction of sp³-hybridized carbons (Fsp3) is 0.385. The molecule has 2 N–H and O–H groups in total. The highest BCUT2D eigenvalue weighted by atomic mass is 16.2. The molecule has 1 aromatic heterocycles. The fourth-order valence-electron chi connectivity index (χ4n) is 2.51. The molecule has 2 aromatic rings. The van der Waals surface area contributed by atoms with E-state index >= 15 is 0 Å². The second kappa shape index (κ2) is 4.33. The Labute approximate surface area is 103 Å². The van der Waals surface area contributed by atoms with Gasteiger partial charge in [-0.15, -0.1) is 0 Å². The van der Waals surface area contributed by atoms with Crippen LogP contribution in [0.4, 0.5) is 5.69 Å². The third-order valence-corrected chi connectivity index (χ3v) is 3.44. The smallest absolute Gasteiger partial charge is 0.326 e. The molecule has 0 spiro atoms. The third-order valence-electron chi connectivity index (χ3n) is 3.44. The molecule has 0 radical (unpaired) electrons. The van der Waals surface area contributed by atoms with E-state index in [-0.39, 0.29) is 5.56 Å². The number of fused-ring (bicyclic) bond motifs is 1. The Morgan fingerprint density at radius 1 is 1.00 bits per heavy atom. The molecule has 1 saturated heterocycles. The van der Waals surface area contributed by atoms with E-state index in [9.17, 15) is 9.59 Å². The van der Waals surface area contributed by atoms with Gasteiger partial charge in [-0.2, -0.15) is 0 Å². The van der Waals surface area contributed by atoms with Crippen LogP contribution in [0.2, 0.25) is 0 Å². The van der Waals surface area contributed by atoms with E-state index in [1.165, 1.54) is 19.3 Å². The minimum Gasteiger partial charge on any atom is -0.371 e. The number of benzene rings is 1. The topological polar surface area (TPSA) is 69.0 Å². The number of hydrogen-bond donors (Lipinski definition) is 2. The van der Waals surface area contributed by atoms with Crippen LogP contribution in [0.5, 0.6) is 0 Å². The lowest BCUT2D eigenvalue weighted by Gasteiger charge is -2.28. The summed E-state index contributed by atoms with van der Waals surface area (Å²) in [6, 6.07) is 5.60. The molecule has 1 aliphatic rings. The highest BCUT2D eigenvalue weighted by Gasteiger charge is 2.11. The van der Waals surface area contributed by atoms with Gasteiger partial charge in [0.05, 0.1) is 10.9 Å². The summed E-state index contributed by atoms with van der Waals surface area (Å²) in [6.45, 7) is 2.08. The molecule has 94 valence electrons. The zero-order valence-corrected chi connectivity index (χ0v) is 10.0. The maximum Gasteiger partial charge on any atom is 0.326 e. The fourth-order valence-corrected chi connectivity index (χ4v) is 2.51. The number of piperidine rings is 1. The van der Waals surface area contributed by atoms with Gasteiger partial charge in [0, 0.05) is 18.8 Å². The zero-order chi connectivity index (χ0) is 12.5. The van der Waals surface area contributed by atoms with Crippen LogP contribution < -0.4 is 16.1 Å². The van der Waals surface area contributed by atoms with Crippen molar-refractivity contribution >= 4 is 16.6 Å². The predicted octanol–water partition coefficient (Wildman–Crippen LogP) is 1.21. The van der Waals surface area contributed by atoms with E-state index in [1.54, 1.807) is 6.07 Å². The summed E-state index contributed by atoms with van der Waals surface area (Å²) >= 11 is 0. The van der Waals surface area contributed by atoms with Crippen LogP contribution in [0.25, 0.3) is 10.9 Å². The largest absolute Gasteiger partial charge is 0.371 e. The molecule has 0 amide bonds. The highest BCUT2D eigenvalue weighted by Crippen LogP contribution is 2.21. The summed E-state index contributed by atoms with van der Waals surface area (Å²) < 4.78 is 0. The maximum absolute atomic E-state index is 11.6. The maximum atomic E-state index is 11.6. The van der Waals surface area contributed by atoms with Crippen LogP contribution in [-0.4, -0.2) is 23.1 Å². The molecule has 0 bridgehead atoms. The van der Waals surface area contributed by atoms with Crippen molar-refractivity contribution in [3.63, 3.8) is 0 Å².